The summed E-state index contributed by atoms with van der Waals surface area (Å²) in [6.07, 6.45) is 1.73. The second kappa shape index (κ2) is 7.49. The number of hydrogen-bond acceptors (Lipinski definition) is 6. The van der Waals surface area contributed by atoms with Gasteiger partial charge >= 0.3 is 12.0 Å². The van der Waals surface area contributed by atoms with Gasteiger partial charge in [-0.25, -0.2) is 4.79 Å². The first-order chi connectivity index (χ1) is 13.2. The van der Waals surface area contributed by atoms with E-state index in [1.807, 2.05) is 13.0 Å². The molecular weight excluding hydrogens is 366 g/mol. The number of anilines is 1. The summed E-state index contributed by atoms with van der Waals surface area (Å²) < 4.78 is 10.1. The Hall–Kier alpha value is -3.10. The van der Waals surface area contributed by atoms with Crippen molar-refractivity contribution in [3.8, 4) is 5.75 Å². The molecule has 0 unspecified atom stereocenters. The molecule has 2 N–H and O–H groups in total. The van der Waals surface area contributed by atoms with Crippen molar-refractivity contribution in [3.05, 3.63) is 23.8 Å². The summed E-state index contributed by atoms with van der Waals surface area (Å²) in [5, 5.41) is 5.25. The lowest BCUT2D eigenvalue weighted by Crippen LogP contribution is -2.46. The fourth-order valence-corrected chi connectivity index (χ4v) is 3.22. The van der Waals surface area contributed by atoms with Crippen LogP contribution < -0.4 is 15.4 Å². The molecule has 1 aromatic rings. The van der Waals surface area contributed by atoms with Crippen molar-refractivity contribution in [2.75, 3.05) is 25.6 Å². The Morgan fingerprint density at radius 2 is 2.04 bits per heavy atom. The number of ether oxygens (including phenoxy) is 2. The maximum absolute atomic E-state index is 12.5. The number of aryl methyl sites for hydroxylation is 1. The molecule has 4 amide bonds. The summed E-state index contributed by atoms with van der Waals surface area (Å²) in [5.74, 6) is -1.26. The first-order valence-corrected chi connectivity index (χ1v) is 8.99. The quantitative estimate of drug-likeness (QED) is 0.535. The number of rotatable bonds is 7. The number of esters is 1. The lowest BCUT2D eigenvalue weighted by molar-refractivity contribution is -0.150. The Balaban J connectivity index is 1.52. The Bertz CT molecular complexity index is 835. The highest BCUT2D eigenvalue weighted by molar-refractivity contribution is 6.09. The van der Waals surface area contributed by atoms with Gasteiger partial charge in [0, 0.05) is 0 Å². The molecule has 1 aromatic carbocycles. The van der Waals surface area contributed by atoms with Crippen LogP contribution in [0, 0.1) is 12.8 Å². The zero-order valence-corrected chi connectivity index (χ0v) is 16.0. The molecule has 2 aliphatic rings. The third-order valence-corrected chi connectivity index (χ3v) is 4.98. The zero-order valence-electron chi connectivity index (χ0n) is 16.0. The maximum atomic E-state index is 12.5. The van der Waals surface area contributed by atoms with Crippen LogP contribution in [-0.4, -0.2) is 54.5 Å². The molecule has 150 valence electrons. The average Bonchev–Trinajstić information content (AvgIpc) is 3.46. The molecule has 1 aliphatic carbocycles. The molecule has 0 bridgehead atoms. The van der Waals surface area contributed by atoms with Crippen molar-refractivity contribution < 1.29 is 28.7 Å². The Morgan fingerprint density at radius 1 is 1.32 bits per heavy atom. The molecule has 1 saturated heterocycles. The molecule has 1 atom stereocenters. The van der Waals surface area contributed by atoms with Gasteiger partial charge in [0.1, 0.15) is 17.8 Å². The summed E-state index contributed by atoms with van der Waals surface area (Å²) in [6.45, 7) is 2.45. The van der Waals surface area contributed by atoms with E-state index < -0.39 is 42.5 Å². The number of imide groups is 1. The van der Waals surface area contributed by atoms with Gasteiger partial charge in [-0.2, -0.15) is 0 Å². The summed E-state index contributed by atoms with van der Waals surface area (Å²) in [5.41, 5.74) is 0.416. The lowest BCUT2D eigenvalue weighted by Gasteiger charge is -2.20. The topological polar surface area (TPSA) is 114 Å². The third kappa shape index (κ3) is 3.92. The second-order valence-electron chi connectivity index (χ2n) is 7.21. The summed E-state index contributed by atoms with van der Waals surface area (Å²) >= 11 is 0. The van der Waals surface area contributed by atoms with Crippen LogP contribution in [0.15, 0.2) is 18.2 Å². The van der Waals surface area contributed by atoms with Crippen LogP contribution >= 0.6 is 0 Å². The largest absolute Gasteiger partial charge is 0.495 e. The third-order valence-electron chi connectivity index (χ3n) is 4.98. The first-order valence-electron chi connectivity index (χ1n) is 8.99. The van der Waals surface area contributed by atoms with Crippen molar-refractivity contribution in [1.82, 2.24) is 10.2 Å². The fraction of sp³-hybridized carbons (Fsp3) is 0.474. The molecule has 2 fully saturated rings. The van der Waals surface area contributed by atoms with Gasteiger partial charge in [0.2, 0.25) is 0 Å². The molecule has 3 rings (SSSR count). The van der Waals surface area contributed by atoms with Crippen molar-refractivity contribution in [2.45, 2.75) is 32.2 Å². The Labute approximate surface area is 162 Å². The van der Waals surface area contributed by atoms with E-state index in [4.69, 9.17) is 9.47 Å². The first kappa shape index (κ1) is 19.7. The molecule has 1 heterocycles. The number of benzene rings is 1. The number of amides is 4. The predicted octanol–water partition coefficient (Wildman–Crippen LogP) is 1.21. The second-order valence-corrected chi connectivity index (χ2v) is 7.21. The van der Waals surface area contributed by atoms with E-state index in [2.05, 4.69) is 10.6 Å². The molecular formula is C19H23N3O6. The van der Waals surface area contributed by atoms with Gasteiger partial charge in [0.15, 0.2) is 6.61 Å². The molecule has 1 saturated carbocycles. The fourth-order valence-electron chi connectivity index (χ4n) is 3.22. The van der Waals surface area contributed by atoms with E-state index in [0.29, 0.717) is 11.4 Å². The van der Waals surface area contributed by atoms with E-state index in [-0.39, 0.29) is 5.92 Å². The van der Waals surface area contributed by atoms with Gasteiger partial charge in [-0.1, -0.05) is 6.07 Å². The minimum absolute atomic E-state index is 0.0973. The maximum Gasteiger partial charge on any atom is 0.326 e. The van der Waals surface area contributed by atoms with E-state index in [1.54, 1.807) is 19.1 Å². The summed E-state index contributed by atoms with van der Waals surface area (Å²) in [6, 6.07) is 4.66. The van der Waals surface area contributed by atoms with Crippen molar-refractivity contribution in [1.29, 1.82) is 0 Å². The average molecular weight is 389 g/mol. The molecule has 28 heavy (non-hydrogen) atoms. The number of carbonyl (C=O) groups is 4. The van der Waals surface area contributed by atoms with Crippen LogP contribution in [0.4, 0.5) is 10.5 Å². The molecule has 0 spiro atoms. The monoisotopic (exact) mass is 389 g/mol. The number of methoxy groups -OCH3 is 1. The van der Waals surface area contributed by atoms with Crippen LogP contribution in [-0.2, 0) is 19.1 Å². The molecule has 0 radical (unpaired) electrons. The van der Waals surface area contributed by atoms with Crippen LogP contribution in [0.5, 0.6) is 5.75 Å². The van der Waals surface area contributed by atoms with Gasteiger partial charge in [-0.3, -0.25) is 19.3 Å². The Morgan fingerprint density at radius 3 is 2.68 bits per heavy atom. The van der Waals surface area contributed by atoms with Crippen molar-refractivity contribution in [2.24, 2.45) is 5.92 Å². The van der Waals surface area contributed by atoms with Crippen LogP contribution in [0.1, 0.15) is 25.3 Å². The SMILES string of the molecule is COc1ccc(C)cc1NC(=O)COC(=O)CN1C(=O)N[C@@](C)(C2CC2)C1=O. The number of urea groups is 1. The van der Waals surface area contributed by atoms with Gasteiger partial charge in [0.05, 0.1) is 12.8 Å². The van der Waals surface area contributed by atoms with Gasteiger partial charge in [0.25, 0.3) is 11.8 Å². The number of carbonyl (C=O) groups excluding carboxylic acids is 4. The van der Waals surface area contributed by atoms with E-state index in [1.165, 1.54) is 7.11 Å². The van der Waals surface area contributed by atoms with Crippen LogP contribution in [0.3, 0.4) is 0 Å². The van der Waals surface area contributed by atoms with Crippen molar-refractivity contribution >= 4 is 29.5 Å². The van der Waals surface area contributed by atoms with Crippen LogP contribution in [0.2, 0.25) is 0 Å². The highest BCUT2D eigenvalue weighted by Gasteiger charge is 2.56. The van der Waals surface area contributed by atoms with Gasteiger partial charge in [-0.05, 0) is 50.3 Å². The van der Waals surface area contributed by atoms with Gasteiger partial charge in [-0.15, -0.1) is 0 Å². The van der Waals surface area contributed by atoms with E-state index >= 15 is 0 Å². The summed E-state index contributed by atoms with van der Waals surface area (Å²) in [4.78, 5) is 49.4. The standard InChI is InChI=1S/C19H23N3O6/c1-11-4-7-14(27-3)13(8-11)20-15(23)10-28-16(24)9-22-17(25)19(2,12-5-6-12)21-18(22)26/h4,7-8,12H,5-6,9-10H2,1-3H3,(H,20,23)(H,21,26)/t19-/m0/s1. The lowest BCUT2D eigenvalue weighted by atomic mass is 9.96. The minimum Gasteiger partial charge on any atom is -0.495 e. The van der Waals surface area contributed by atoms with E-state index in [9.17, 15) is 19.2 Å². The smallest absolute Gasteiger partial charge is 0.326 e. The zero-order chi connectivity index (χ0) is 20.5. The molecule has 9 nitrogen and oxygen atoms in total. The van der Waals surface area contributed by atoms with Crippen LogP contribution in [0.25, 0.3) is 0 Å². The molecule has 9 heteroatoms. The number of hydrogen-bond donors (Lipinski definition) is 2. The van der Waals surface area contributed by atoms with Crippen molar-refractivity contribution in [3.63, 3.8) is 0 Å². The minimum atomic E-state index is -0.962. The summed E-state index contributed by atoms with van der Waals surface area (Å²) in [7, 11) is 1.48. The molecule has 0 aromatic heterocycles. The highest BCUT2D eigenvalue weighted by atomic mass is 16.5. The van der Waals surface area contributed by atoms with Gasteiger partial charge < -0.3 is 20.1 Å². The number of nitrogens with one attached hydrogen (secondary N) is 2. The normalized spacial score (nSPS) is 21.3. The predicted molar refractivity (Wildman–Crippen MR) is 98.7 cm³/mol. The van der Waals surface area contributed by atoms with E-state index in [0.717, 1.165) is 23.3 Å². The Kier molecular flexibility index (Phi) is 5.26. The highest BCUT2D eigenvalue weighted by Crippen LogP contribution is 2.42. The number of nitrogens with zero attached hydrogens (tertiary/aromatic N) is 1. The molecule has 1 aliphatic heterocycles.